The van der Waals surface area contributed by atoms with Gasteiger partial charge in [-0.2, -0.15) is 0 Å². The average molecular weight is 250 g/mol. The van der Waals surface area contributed by atoms with E-state index in [-0.39, 0.29) is 5.41 Å². The Labute approximate surface area is 116 Å². The molecule has 0 fully saturated rings. The zero-order valence-electron chi connectivity index (χ0n) is 13.7. The van der Waals surface area contributed by atoms with Crippen LogP contribution in [0.25, 0.3) is 0 Å². The van der Waals surface area contributed by atoms with E-state index in [1.807, 2.05) is 0 Å². The van der Waals surface area contributed by atoms with Gasteiger partial charge in [0.2, 0.25) is 0 Å². The van der Waals surface area contributed by atoms with E-state index in [9.17, 15) is 0 Å². The van der Waals surface area contributed by atoms with Gasteiger partial charge in [0.05, 0.1) is 0 Å². The molecule has 0 nitrogen and oxygen atoms in total. The van der Waals surface area contributed by atoms with Gasteiger partial charge >= 0.3 is 0 Å². The van der Waals surface area contributed by atoms with Crippen LogP contribution in [0.15, 0.2) is 0 Å². The van der Waals surface area contributed by atoms with Crippen molar-refractivity contribution in [1.82, 2.24) is 0 Å². The van der Waals surface area contributed by atoms with Gasteiger partial charge in [-0.15, -0.1) is 5.92 Å². The predicted octanol–water partition coefficient (Wildman–Crippen LogP) is 6.20. The zero-order valence-corrected chi connectivity index (χ0v) is 13.7. The molecular formula is C18H34. The monoisotopic (exact) mass is 250 g/mol. The van der Waals surface area contributed by atoms with Crippen LogP contribution < -0.4 is 0 Å². The maximum Gasteiger partial charge on any atom is 0.0230 e. The maximum absolute atomic E-state index is 3.30. The van der Waals surface area contributed by atoms with Crippen LogP contribution in [-0.4, -0.2) is 0 Å². The first-order valence-corrected chi connectivity index (χ1v) is 7.71. The Bertz CT molecular complexity index is 248. The maximum atomic E-state index is 3.30. The second kappa shape index (κ2) is 8.63. The molecule has 0 amide bonds. The molecule has 0 radical (unpaired) electrons. The van der Waals surface area contributed by atoms with Crippen molar-refractivity contribution in [3.05, 3.63) is 0 Å². The summed E-state index contributed by atoms with van der Waals surface area (Å²) in [6.45, 7) is 13.5. The smallest absolute Gasteiger partial charge is 0.0230 e. The fourth-order valence-electron chi connectivity index (χ4n) is 1.90. The lowest BCUT2D eigenvalue weighted by molar-refractivity contribution is 0.356. The third-order valence-electron chi connectivity index (χ3n) is 2.94. The van der Waals surface area contributed by atoms with Crippen molar-refractivity contribution >= 4 is 0 Å². The zero-order chi connectivity index (χ0) is 14.1. The Kier molecular flexibility index (Phi) is 8.41. The van der Waals surface area contributed by atoms with Crippen LogP contribution in [0.4, 0.5) is 0 Å². The van der Waals surface area contributed by atoms with Crippen LogP contribution in [-0.2, 0) is 0 Å². The summed E-state index contributed by atoms with van der Waals surface area (Å²) >= 11 is 0. The van der Waals surface area contributed by atoms with Crippen molar-refractivity contribution in [2.45, 2.75) is 92.9 Å². The third-order valence-corrected chi connectivity index (χ3v) is 2.94. The SMILES string of the molecule is CC(C)(C)C#CCCCCCCCCC(C)(C)C. The second-order valence-electron chi connectivity index (χ2n) is 7.73. The Hall–Kier alpha value is -0.440. The quantitative estimate of drug-likeness (QED) is 0.372. The van der Waals surface area contributed by atoms with E-state index in [1.165, 1.54) is 44.9 Å². The van der Waals surface area contributed by atoms with E-state index < -0.39 is 0 Å². The van der Waals surface area contributed by atoms with Crippen LogP contribution in [0.1, 0.15) is 92.9 Å². The summed E-state index contributed by atoms with van der Waals surface area (Å²) in [6.07, 6.45) is 10.7. The van der Waals surface area contributed by atoms with Crippen LogP contribution >= 0.6 is 0 Å². The number of hydrogen-bond acceptors (Lipinski definition) is 0. The highest BCUT2D eigenvalue weighted by molar-refractivity contribution is 5.06. The summed E-state index contributed by atoms with van der Waals surface area (Å²) in [7, 11) is 0. The molecule has 0 rings (SSSR count). The lowest BCUT2D eigenvalue weighted by atomic mass is 9.89. The van der Waals surface area contributed by atoms with E-state index in [0.29, 0.717) is 5.41 Å². The lowest BCUT2D eigenvalue weighted by Crippen LogP contribution is -2.03. The molecular weight excluding hydrogens is 216 g/mol. The fraction of sp³-hybridized carbons (Fsp3) is 0.889. The number of unbranched alkanes of at least 4 members (excludes halogenated alkanes) is 6. The topological polar surface area (TPSA) is 0 Å². The molecule has 0 aliphatic heterocycles. The lowest BCUT2D eigenvalue weighted by Gasteiger charge is -2.17. The fourth-order valence-corrected chi connectivity index (χ4v) is 1.90. The first-order valence-electron chi connectivity index (χ1n) is 7.71. The number of hydrogen-bond donors (Lipinski definition) is 0. The van der Waals surface area contributed by atoms with Gasteiger partial charge in [-0.3, -0.25) is 0 Å². The van der Waals surface area contributed by atoms with E-state index in [1.54, 1.807) is 0 Å². The van der Waals surface area contributed by atoms with Crippen LogP contribution in [0, 0.1) is 22.7 Å². The van der Waals surface area contributed by atoms with E-state index in [2.05, 4.69) is 53.4 Å². The van der Waals surface area contributed by atoms with Gasteiger partial charge in [-0.1, -0.05) is 58.8 Å². The molecule has 18 heavy (non-hydrogen) atoms. The minimum Gasteiger partial charge on any atom is -0.103 e. The minimum atomic E-state index is 0.174. The molecule has 0 unspecified atom stereocenters. The first kappa shape index (κ1) is 17.6. The Morgan fingerprint density at radius 3 is 1.67 bits per heavy atom. The van der Waals surface area contributed by atoms with E-state index in [4.69, 9.17) is 0 Å². The molecule has 0 aliphatic carbocycles. The van der Waals surface area contributed by atoms with E-state index >= 15 is 0 Å². The largest absolute Gasteiger partial charge is 0.103 e. The molecule has 0 N–H and O–H groups in total. The van der Waals surface area contributed by atoms with Crippen molar-refractivity contribution in [1.29, 1.82) is 0 Å². The molecule has 106 valence electrons. The van der Waals surface area contributed by atoms with Gasteiger partial charge in [0, 0.05) is 11.8 Å². The summed E-state index contributed by atoms with van der Waals surface area (Å²) in [5.41, 5.74) is 0.690. The van der Waals surface area contributed by atoms with Crippen molar-refractivity contribution in [3.63, 3.8) is 0 Å². The average Bonchev–Trinajstić information content (AvgIpc) is 2.17. The van der Waals surface area contributed by atoms with Crippen molar-refractivity contribution in [2.75, 3.05) is 0 Å². The van der Waals surface area contributed by atoms with Gasteiger partial charge < -0.3 is 0 Å². The minimum absolute atomic E-state index is 0.174. The summed E-state index contributed by atoms with van der Waals surface area (Å²) in [4.78, 5) is 0. The second-order valence-corrected chi connectivity index (χ2v) is 7.73. The molecule has 0 aromatic carbocycles. The predicted molar refractivity (Wildman–Crippen MR) is 83.6 cm³/mol. The highest BCUT2D eigenvalue weighted by Gasteiger charge is 2.08. The summed E-state index contributed by atoms with van der Waals surface area (Å²) in [5.74, 6) is 6.60. The van der Waals surface area contributed by atoms with Crippen LogP contribution in [0.2, 0.25) is 0 Å². The van der Waals surface area contributed by atoms with E-state index in [0.717, 1.165) is 6.42 Å². The molecule has 0 heteroatoms. The standard InChI is InChI=1S/C18H34/c1-17(2,3)15-13-11-9-7-8-10-12-14-16-18(4,5)6/h7-13,15H2,1-6H3. The van der Waals surface area contributed by atoms with Gasteiger partial charge in [0.1, 0.15) is 0 Å². The van der Waals surface area contributed by atoms with Gasteiger partial charge in [0.25, 0.3) is 0 Å². The van der Waals surface area contributed by atoms with Gasteiger partial charge in [-0.25, -0.2) is 0 Å². The number of rotatable bonds is 7. The first-order chi connectivity index (χ1) is 8.21. The molecule has 0 bridgehead atoms. The molecule has 0 atom stereocenters. The molecule has 0 spiro atoms. The van der Waals surface area contributed by atoms with Crippen LogP contribution in [0.5, 0.6) is 0 Å². The molecule has 0 heterocycles. The Morgan fingerprint density at radius 1 is 0.667 bits per heavy atom. The normalized spacial score (nSPS) is 12.1. The summed E-state index contributed by atoms with van der Waals surface area (Å²) in [5, 5.41) is 0. The molecule has 0 saturated heterocycles. The molecule has 0 aliphatic rings. The van der Waals surface area contributed by atoms with Crippen molar-refractivity contribution in [3.8, 4) is 11.8 Å². The highest BCUT2D eigenvalue weighted by atomic mass is 14.1. The molecule has 0 saturated carbocycles. The van der Waals surface area contributed by atoms with Crippen molar-refractivity contribution < 1.29 is 0 Å². The molecule has 0 aromatic heterocycles. The summed E-state index contributed by atoms with van der Waals surface area (Å²) < 4.78 is 0. The molecule has 0 aromatic rings. The van der Waals surface area contributed by atoms with Crippen LogP contribution in [0.3, 0.4) is 0 Å². The Morgan fingerprint density at radius 2 is 1.17 bits per heavy atom. The summed E-state index contributed by atoms with van der Waals surface area (Å²) in [6, 6.07) is 0. The van der Waals surface area contributed by atoms with Crippen molar-refractivity contribution in [2.24, 2.45) is 10.8 Å². The Balaban J connectivity index is 3.29. The van der Waals surface area contributed by atoms with Gasteiger partial charge in [0.15, 0.2) is 0 Å². The van der Waals surface area contributed by atoms with Gasteiger partial charge in [-0.05, 0) is 39.0 Å². The third kappa shape index (κ3) is 15.6. The highest BCUT2D eigenvalue weighted by Crippen LogP contribution is 2.22.